The molecule has 0 bridgehead atoms. The van der Waals surface area contributed by atoms with E-state index in [0.717, 1.165) is 30.5 Å². The number of carbonyl (C=O) groups excluding carboxylic acids is 2. The second kappa shape index (κ2) is 8.15. The monoisotopic (exact) mass is 377 g/mol. The molecule has 0 aromatic heterocycles. The molecule has 2 aliphatic rings. The minimum atomic E-state index is -0.374. The van der Waals surface area contributed by atoms with Gasteiger partial charge in [-0.1, -0.05) is 54.6 Å². The van der Waals surface area contributed by atoms with Crippen molar-refractivity contribution in [1.29, 1.82) is 0 Å². The van der Waals surface area contributed by atoms with Crippen molar-refractivity contribution in [3.63, 3.8) is 0 Å². The van der Waals surface area contributed by atoms with Gasteiger partial charge in [0.25, 0.3) is 0 Å². The number of hydrogen-bond acceptors (Lipinski definition) is 3. The van der Waals surface area contributed by atoms with E-state index in [4.69, 9.17) is 0 Å². The summed E-state index contributed by atoms with van der Waals surface area (Å²) >= 11 is 0. The van der Waals surface area contributed by atoms with Crippen LogP contribution in [0.25, 0.3) is 0 Å². The van der Waals surface area contributed by atoms with Gasteiger partial charge >= 0.3 is 0 Å². The van der Waals surface area contributed by atoms with Gasteiger partial charge in [-0.25, -0.2) is 0 Å². The third-order valence-electron chi connectivity index (χ3n) is 5.88. The summed E-state index contributed by atoms with van der Waals surface area (Å²) in [7, 11) is 0. The number of benzene rings is 2. The van der Waals surface area contributed by atoms with E-state index in [0.29, 0.717) is 32.6 Å². The summed E-state index contributed by atoms with van der Waals surface area (Å²) in [6.07, 6.45) is 2.33. The molecule has 0 aliphatic carbocycles. The van der Waals surface area contributed by atoms with Crippen molar-refractivity contribution in [2.45, 2.75) is 32.4 Å². The van der Waals surface area contributed by atoms with Gasteiger partial charge in [0.15, 0.2) is 0 Å². The highest BCUT2D eigenvalue weighted by Crippen LogP contribution is 2.28. The number of amides is 2. The van der Waals surface area contributed by atoms with Gasteiger partial charge in [-0.2, -0.15) is 0 Å². The Hall–Kier alpha value is -2.66. The van der Waals surface area contributed by atoms with Gasteiger partial charge in [0.1, 0.15) is 0 Å². The fourth-order valence-electron chi connectivity index (χ4n) is 4.10. The first kappa shape index (κ1) is 18.7. The molecule has 2 heterocycles. The van der Waals surface area contributed by atoms with Crippen molar-refractivity contribution in [1.82, 2.24) is 15.5 Å². The smallest absolute Gasteiger partial charge is 0.229 e. The lowest BCUT2D eigenvalue weighted by atomic mass is 9.75. The Morgan fingerprint density at radius 1 is 1.04 bits per heavy atom. The van der Waals surface area contributed by atoms with Crippen LogP contribution >= 0.6 is 0 Å². The largest absolute Gasteiger partial charge is 0.351 e. The van der Waals surface area contributed by atoms with Gasteiger partial charge in [0, 0.05) is 39.1 Å². The molecule has 0 spiro atoms. The maximum atomic E-state index is 13.0. The topological polar surface area (TPSA) is 61.4 Å². The SMILES string of the molecule is O=C1CCCN1Cc1ccccc1CNC(=O)C1(Cc2ccccc2)CNC1. The first-order chi connectivity index (χ1) is 13.7. The fourth-order valence-corrected chi connectivity index (χ4v) is 4.10. The zero-order chi connectivity index (χ0) is 19.4. The third-order valence-corrected chi connectivity index (χ3v) is 5.88. The Labute approximate surface area is 166 Å². The van der Waals surface area contributed by atoms with Crippen molar-refractivity contribution < 1.29 is 9.59 Å². The molecule has 0 unspecified atom stereocenters. The average Bonchev–Trinajstić information content (AvgIpc) is 3.09. The number of nitrogens with zero attached hydrogens (tertiary/aromatic N) is 1. The highest BCUT2D eigenvalue weighted by atomic mass is 16.2. The van der Waals surface area contributed by atoms with Crippen LogP contribution < -0.4 is 10.6 Å². The lowest BCUT2D eigenvalue weighted by Gasteiger charge is -2.41. The number of likely N-dealkylation sites (tertiary alicyclic amines) is 1. The van der Waals surface area contributed by atoms with Crippen molar-refractivity contribution in [3.05, 3.63) is 71.3 Å². The van der Waals surface area contributed by atoms with Crippen LogP contribution in [0.2, 0.25) is 0 Å². The quantitative estimate of drug-likeness (QED) is 0.778. The molecule has 2 aromatic rings. The summed E-state index contributed by atoms with van der Waals surface area (Å²) in [5.74, 6) is 0.323. The van der Waals surface area contributed by atoms with Gasteiger partial charge in [-0.05, 0) is 29.5 Å². The van der Waals surface area contributed by atoms with Crippen LogP contribution in [0.1, 0.15) is 29.5 Å². The minimum absolute atomic E-state index is 0.0992. The lowest BCUT2D eigenvalue weighted by molar-refractivity contribution is -0.134. The Morgan fingerprint density at radius 3 is 2.39 bits per heavy atom. The Bertz CT molecular complexity index is 846. The zero-order valence-corrected chi connectivity index (χ0v) is 16.1. The summed E-state index contributed by atoms with van der Waals surface area (Å²) in [4.78, 5) is 26.9. The highest BCUT2D eigenvalue weighted by Gasteiger charge is 2.44. The van der Waals surface area contributed by atoms with Crippen LogP contribution in [0.4, 0.5) is 0 Å². The molecule has 0 radical (unpaired) electrons. The molecule has 4 rings (SSSR count). The predicted molar refractivity (Wildman–Crippen MR) is 108 cm³/mol. The van der Waals surface area contributed by atoms with E-state index in [9.17, 15) is 9.59 Å². The van der Waals surface area contributed by atoms with Crippen LogP contribution in [0, 0.1) is 5.41 Å². The van der Waals surface area contributed by atoms with Gasteiger partial charge in [0.2, 0.25) is 11.8 Å². The molecular formula is C23H27N3O2. The van der Waals surface area contributed by atoms with E-state index in [1.807, 2.05) is 41.3 Å². The van der Waals surface area contributed by atoms with E-state index >= 15 is 0 Å². The normalized spacial score (nSPS) is 18.0. The number of hydrogen-bond donors (Lipinski definition) is 2. The number of rotatable bonds is 7. The molecule has 0 saturated carbocycles. The minimum Gasteiger partial charge on any atom is -0.351 e. The zero-order valence-electron chi connectivity index (χ0n) is 16.1. The fraction of sp³-hybridized carbons (Fsp3) is 0.391. The standard InChI is InChI=1S/C23H27N3O2/c27-21-11-6-12-26(21)15-20-10-5-4-9-19(20)14-25-22(28)23(16-24-17-23)13-18-7-2-1-3-8-18/h1-5,7-10,24H,6,11-17H2,(H,25,28). The van der Waals surface area contributed by atoms with Crippen LogP contribution in [-0.2, 0) is 29.1 Å². The van der Waals surface area contributed by atoms with Crippen LogP contribution in [0.5, 0.6) is 0 Å². The van der Waals surface area contributed by atoms with E-state index < -0.39 is 0 Å². The summed E-state index contributed by atoms with van der Waals surface area (Å²) in [6.45, 7) is 3.36. The Morgan fingerprint density at radius 2 is 1.75 bits per heavy atom. The third kappa shape index (κ3) is 3.94. The van der Waals surface area contributed by atoms with Crippen molar-refractivity contribution in [2.24, 2.45) is 5.41 Å². The molecule has 2 aliphatic heterocycles. The molecule has 2 amide bonds. The van der Waals surface area contributed by atoms with Crippen LogP contribution in [-0.4, -0.2) is 36.3 Å². The highest BCUT2D eigenvalue weighted by molar-refractivity contribution is 5.84. The summed E-state index contributed by atoms with van der Waals surface area (Å²) in [6, 6.07) is 18.3. The van der Waals surface area contributed by atoms with Crippen molar-refractivity contribution in [3.8, 4) is 0 Å². The first-order valence-electron chi connectivity index (χ1n) is 10.0. The van der Waals surface area contributed by atoms with Crippen molar-refractivity contribution >= 4 is 11.8 Å². The van der Waals surface area contributed by atoms with Crippen molar-refractivity contribution in [2.75, 3.05) is 19.6 Å². The molecule has 2 aromatic carbocycles. The molecule has 28 heavy (non-hydrogen) atoms. The molecular weight excluding hydrogens is 350 g/mol. The van der Waals surface area contributed by atoms with Gasteiger partial charge in [-0.3, -0.25) is 9.59 Å². The second-order valence-electron chi connectivity index (χ2n) is 7.92. The van der Waals surface area contributed by atoms with E-state index in [2.05, 4.69) is 28.8 Å². The van der Waals surface area contributed by atoms with E-state index in [1.165, 1.54) is 5.56 Å². The van der Waals surface area contributed by atoms with Gasteiger partial charge in [-0.15, -0.1) is 0 Å². The molecule has 0 atom stereocenters. The molecule has 5 nitrogen and oxygen atoms in total. The average molecular weight is 377 g/mol. The van der Waals surface area contributed by atoms with Crippen LogP contribution in [0.3, 0.4) is 0 Å². The summed E-state index contributed by atoms with van der Waals surface area (Å²) < 4.78 is 0. The second-order valence-corrected chi connectivity index (χ2v) is 7.92. The Balaban J connectivity index is 1.41. The van der Waals surface area contributed by atoms with Gasteiger partial charge in [0.05, 0.1) is 5.41 Å². The van der Waals surface area contributed by atoms with E-state index in [1.54, 1.807) is 0 Å². The van der Waals surface area contributed by atoms with Gasteiger partial charge < -0.3 is 15.5 Å². The predicted octanol–water partition coefficient (Wildman–Crippen LogP) is 2.26. The Kier molecular flexibility index (Phi) is 5.44. The lowest BCUT2D eigenvalue weighted by Crippen LogP contribution is -2.62. The number of carbonyl (C=O) groups is 2. The molecule has 2 saturated heterocycles. The first-order valence-corrected chi connectivity index (χ1v) is 10.0. The maximum Gasteiger partial charge on any atom is 0.229 e. The maximum absolute atomic E-state index is 13.0. The molecule has 5 heteroatoms. The molecule has 2 fully saturated rings. The summed E-state index contributed by atoms with van der Waals surface area (Å²) in [5, 5.41) is 6.42. The molecule has 2 N–H and O–H groups in total. The number of nitrogens with one attached hydrogen (secondary N) is 2. The van der Waals surface area contributed by atoms with Crippen LogP contribution in [0.15, 0.2) is 54.6 Å². The molecule has 146 valence electrons. The summed E-state index contributed by atoms with van der Waals surface area (Å²) in [5.41, 5.74) is 3.01. The van der Waals surface area contributed by atoms with E-state index in [-0.39, 0.29) is 17.2 Å².